The minimum atomic E-state index is -3.28. The van der Waals surface area contributed by atoms with Gasteiger partial charge in [-0.05, 0) is 12.5 Å². The van der Waals surface area contributed by atoms with E-state index in [1.165, 1.54) is 22.8 Å². The van der Waals surface area contributed by atoms with E-state index < -0.39 is 16.0 Å². The number of carbonyl (C=O) groups is 1. The first kappa shape index (κ1) is 10.9. The molecule has 0 aromatic carbocycles. The van der Waals surface area contributed by atoms with Gasteiger partial charge >= 0.3 is 5.97 Å². The van der Waals surface area contributed by atoms with Gasteiger partial charge in [0, 0.05) is 12.7 Å². The molecule has 2 rings (SSSR count). The normalized spacial score (nSPS) is 18.6. The van der Waals surface area contributed by atoms with Crippen molar-refractivity contribution in [3.05, 3.63) is 24.0 Å². The van der Waals surface area contributed by atoms with E-state index in [1.807, 2.05) is 0 Å². The average Bonchev–Trinajstić information content (AvgIpc) is 2.58. The van der Waals surface area contributed by atoms with Crippen LogP contribution in [-0.2, 0) is 10.0 Å². The number of hydrogen-bond acceptors (Lipinski definition) is 4. The zero-order valence-electron chi connectivity index (χ0n) is 8.33. The van der Waals surface area contributed by atoms with Crippen molar-refractivity contribution >= 4 is 21.7 Å². The van der Waals surface area contributed by atoms with Crippen molar-refractivity contribution in [1.82, 2.24) is 4.98 Å². The van der Waals surface area contributed by atoms with Gasteiger partial charge in [-0.25, -0.2) is 13.2 Å². The SMILES string of the molecule is O=C(O)c1cncc(N2CCCS2(=O)=O)c1. The number of carboxylic acids is 1. The Kier molecular flexibility index (Phi) is 2.55. The number of hydrogen-bond donors (Lipinski definition) is 1. The number of nitrogens with zero attached hydrogens (tertiary/aromatic N) is 2. The monoisotopic (exact) mass is 242 g/mol. The molecule has 1 aliphatic rings. The summed E-state index contributed by atoms with van der Waals surface area (Å²) >= 11 is 0. The van der Waals surface area contributed by atoms with E-state index in [2.05, 4.69) is 4.98 Å². The molecule has 2 heterocycles. The molecule has 0 aliphatic carbocycles. The molecule has 6 nitrogen and oxygen atoms in total. The van der Waals surface area contributed by atoms with Gasteiger partial charge in [0.2, 0.25) is 10.0 Å². The molecule has 1 saturated heterocycles. The third-order valence-corrected chi connectivity index (χ3v) is 4.23. The van der Waals surface area contributed by atoms with Crippen LogP contribution in [0.4, 0.5) is 5.69 Å². The van der Waals surface area contributed by atoms with Gasteiger partial charge in [-0.15, -0.1) is 0 Å². The molecule has 0 saturated carbocycles. The summed E-state index contributed by atoms with van der Waals surface area (Å²) in [5.74, 6) is -1.02. The highest BCUT2D eigenvalue weighted by atomic mass is 32.2. The van der Waals surface area contributed by atoms with Gasteiger partial charge in [-0.3, -0.25) is 9.29 Å². The molecule has 1 aliphatic heterocycles. The molecule has 0 amide bonds. The summed E-state index contributed by atoms with van der Waals surface area (Å²) in [4.78, 5) is 14.5. The van der Waals surface area contributed by atoms with Gasteiger partial charge in [-0.1, -0.05) is 0 Å². The number of pyridine rings is 1. The maximum Gasteiger partial charge on any atom is 0.337 e. The van der Waals surface area contributed by atoms with Crippen molar-refractivity contribution in [3.63, 3.8) is 0 Å². The zero-order chi connectivity index (χ0) is 11.8. The highest BCUT2D eigenvalue weighted by Crippen LogP contribution is 2.23. The highest BCUT2D eigenvalue weighted by Gasteiger charge is 2.28. The minimum Gasteiger partial charge on any atom is -0.478 e. The molecule has 7 heteroatoms. The van der Waals surface area contributed by atoms with Gasteiger partial charge < -0.3 is 5.11 Å². The van der Waals surface area contributed by atoms with Crippen LogP contribution in [0.25, 0.3) is 0 Å². The van der Waals surface area contributed by atoms with Gasteiger partial charge in [-0.2, -0.15) is 0 Å². The molecule has 0 unspecified atom stereocenters. The van der Waals surface area contributed by atoms with Crippen LogP contribution in [0.3, 0.4) is 0 Å². The molecule has 1 fully saturated rings. The van der Waals surface area contributed by atoms with Crippen LogP contribution >= 0.6 is 0 Å². The van der Waals surface area contributed by atoms with E-state index >= 15 is 0 Å². The molecular weight excluding hydrogens is 232 g/mol. The molecule has 1 aromatic rings. The Morgan fingerprint density at radius 1 is 1.44 bits per heavy atom. The number of rotatable bonds is 2. The fraction of sp³-hybridized carbons (Fsp3) is 0.333. The molecule has 86 valence electrons. The Labute approximate surface area is 92.6 Å². The third kappa shape index (κ3) is 1.85. The predicted octanol–water partition coefficient (Wildman–Crippen LogP) is 0.320. The van der Waals surface area contributed by atoms with Gasteiger partial charge in [0.25, 0.3) is 0 Å². The summed E-state index contributed by atoms with van der Waals surface area (Å²) in [7, 11) is -3.28. The quantitative estimate of drug-likeness (QED) is 0.806. The van der Waals surface area contributed by atoms with E-state index in [9.17, 15) is 13.2 Å². The van der Waals surface area contributed by atoms with Crippen LogP contribution in [0.1, 0.15) is 16.8 Å². The Bertz CT molecular complexity index is 526. The number of carboxylic acid groups (broad SMARTS) is 1. The first-order valence-electron chi connectivity index (χ1n) is 4.69. The maximum absolute atomic E-state index is 11.6. The molecule has 0 atom stereocenters. The summed E-state index contributed by atoms with van der Waals surface area (Å²) < 4.78 is 24.4. The van der Waals surface area contributed by atoms with Crippen molar-refractivity contribution in [3.8, 4) is 0 Å². The number of aromatic carboxylic acids is 1. The smallest absolute Gasteiger partial charge is 0.337 e. The molecule has 1 N–H and O–H groups in total. The second kappa shape index (κ2) is 3.75. The maximum atomic E-state index is 11.6. The Morgan fingerprint density at radius 3 is 2.75 bits per heavy atom. The Balaban J connectivity index is 2.41. The largest absolute Gasteiger partial charge is 0.478 e. The summed E-state index contributed by atoms with van der Waals surface area (Å²) in [6.45, 7) is 0.382. The molecule has 16 heavy (non-hydrogen) atoms. The Morgan fingerprint density at radius 2 is 2.19 bits per heavy atom. The van der Waals surface area contributed by atoms with E-state index in [-0.39, 0.29) is 11.3 Å². The zero-order valence-corrected chi connectivity index (χ0v) is 9.14. The van der Waals surface area contributed by atoms with Crippen molar-refractivity contribution < 1.29 is 18.3 Å². The lowest BCUT2D eigenvalue weighted by molar-refractivity contribution is 0.0696. The van der Waals surface area contributed by atoms with Crippen LogP contribution in [0.2, 0.25) is 0 Å². The predicted molar refractivity (Wildman–Crippen MR) is 56.9 cm³/mol. The summed E-state index contributed by atoms with van der Waals surface area (Å²) in [6.07, 6.45) is 3.10. The van der Waals surface area contributed by atoms with Crippen LogP contribution in [0, 0.1) is 0 Å². The van der Waals surface area contributed by atoms with Crippen molar-refractivity contribution in [2.24, 2.45) is 0 Å². The van der Waals surface area contributed by atoms with Gasteiger partial charge in [0.15, 0.2) is 0 Å². The topological polar surface area (TPSA) is 87.6 Å². The van der Waals surface area contributed by atoms with E-state index in [0.717, 1.165) is 0 Å². The van der Waals surface area contributed by atoms with Crippen molar-refractivity contribution in [2.75, 3.05) is 16.6 Å². The molecule has 0 spiro atoms. The summed E-state index contributed by atoms with van der Waals surface area (Å²) in [5, 5.41) is 8.77. The van der Waals surface area contributed by atoms with Crippen LogP contribution < -0.4 is 4.31 Å². The van der Waals surface area contributed by atoms with Gasteiger partial charge in [0.05, 0.1) is 23.2 Å². The number of aromatic nitrogens is 1. The lowest BCUT2D eigenvalue weighted by Crippen LogP contribution is -2.25. The first-order valence-corrected chi connectivity index (χ1v) is 6.30. The van der Waals surface area contributed by atoms with Crippen molar-refractivity contribution in [2.45, 2.75) is 6.42 Å². The minimum absolute atomic E-state index is 0.0143. The fourth-order valence-corrected chi connectivity index (χ4v) is 3.15. The van der Waals surface area contributed by atoms with E-state index in [4.69, 9.17) is 5.11 Å². The van der Waals surface area contributed by atoms with Crippen LogP contribution in [0.15, 0.2) is 18.5 Å². The van der Waals surface area contributed by atoms with Gasteiger partial charge in [0.1, 0.15) is 0 Å². The highest BCUT2D eigenvalue weighted by molar-refractivity contribution is 7.93. The number of anilines is 1. The van der Waals surface area contributed by atoms with E-state index in [1.54, 1.807) is 0 Å². The Hall–Kier alpha value is -1.63. The lowest BCUT2D eigenvalue weighted by atomic mass is 10.2. The fourth-order valence-electron chi connectivity index (χ4n) is 1.61. The van der Waals surface area contributed by atoms with Crippen LogP contribution in [0.5, 0.6) is 0 Å². The standard InChI is InChI=1S/C9H10N2O4S/c12-9(13)7-4-8(6-10-5-7)11-2-1-3-16(11,14)15/h4-6H,1-3H2,(H,12,13). The lowest BCUT2D eigenvalue weighted by Gasteiger charge is -2.16. The second-order valence-corrected chi connectivity index (χ2v) is 5.49. The average molecular weight is 242 g/mol. The molecule has 1 aromatic heterocycles. The number of sulfonamides is 1. The van der Waals surface area contributed by atoms with Crippen molar-refractivity contribution in [1.29, 1.82) is 0 Å². The second-order valence-electron chi connectivity index (χ2n) is 3.48. The molecule has 0 bridgehead atoms. The molecule has 0 radical (unpaired) electrons. The van der Waals surface area contributed by atoms with E-state index in [0.29, 0.717) is 18.7 Å². The first-order chi connectivity index (χ1) is 7.50. The molecular formula is C9H10N2O4S. The summed E-state index contributed by atoms with van der Waals surface area (Å²) in [6, 6.07) is 1.32. The summed E-state index contributed by atoms with van der Waals surface area (Å²) in [5.41, 5.74) is 0.303. The van der Waals surface area contributed by atoms with Crippen LogP contribution in [-0.4, -0.2) is 36.8 Å². The third-order valence-electron chi connectivity index (χ3n) is 2.36.